The largest absolute Gasteiger partial charge is 0.406 e. The Morgan fingerprint density at radius 3 is 3.15 bits per heavy atom. The lowest BCUT2D eigenvalue weighted by molar-refractivity contribution is -0.115. The molecule has 1 atom stereocenters. The maximum atomic E-state index is 11.8. The van der Waals surface area contributed by atoms with E-state index in [-0.39, 0.29) is 24.4 Å². The van der Waals surface area contributed by atoms with E-state index in [4.69, 9.17) is 4.42 Å². The third-order valence-electron chi connectivity index (χ3n) is 3.11. The number of hydrogen-bond donors (Lipinski definition) is 2. The second-order valence-corrected chi connectivity index (χ2v) is 4.64. The lowest BCUT2D eigenvalue weighted by Crippen LogP contribution is -2.15. The first-order chi connectivity index (χ1) is 9.81. The zero-order valence-electron chi connectivity index (χ0n) is 10.9. The normalized spacial score (nSPS) is 18.1. The van der Waals surface area contributed by atoms with E-state index in [1.807, 2.05) is 6.07 Å². The first-order valence-electron chi connectivity index (χ1n) is 6.58. The first-order valence-corrected chi connectivity index (χ1v) is 6.58. The third-order valence-corrected chi connectivity index (χ3v) is 3.11. The summed E-state index contributed by atoms with van der Waals surface area (Å²) in [6, 6.07) is 5.67. The number of rotatable bonds is 4. The van der Waals surface area contributed by atoms with Crippen LogP contribution in [0.5, 0.6) is 0 Å². The van der Waals surface area contributed by atoms with Gasteiger partial charge >= 0.3 is 6.01 Å². The fourth-order valence-electron chi connectivity index (χ4n) is 2.15. The molecule has 0 bridgehead atoms. The van der Waals surface area contributed by atoms with E-state index >= 15 is 0 Å². The van der Waals surface area contributed by atoms with Crippen LogP contribution in [-0.4, -0.2) is 27.6 Å². The number of amides is 1. The van der Waals surface area contributed by atoms with Crippen LogP contribution >= 0.6 is 0 Å². The number of hydrogen-bond acceptors (Lipinski definition) is 6. The number of nitrogens with zero attached hydrogens (tertiary/aromatic N) is 3. The highest BCUT2D eigenvalue weighted by Crippen LogP contribution is 2.22. The molecule has 20 heavy (non-hydrogen) atoms. The van der Waals surface area contributed by atoms with Crippen molar-refractivity contribution in [3.8, 4) is 0 Å². The number of pyridine rings is 1. The van der Waals surface area contributed by atoms with Crippen LogP contribution in [0.15, 0.2) is 28.8 Å². The molecule has 104 valence electrons. The molecule has 1 fully saturated rings. The Morgan fingerprint density at radius 1 is 1.45 bits per heavy atom. The van der Waals surface area contributed by atoms with Crippen LogP contribution in [0.1, 0.15) is 30.5 Å². The molecule has 1 unspecified atom stereocenters. The van der Waals surface area contributed by atoms with Gasteiger partial charge in [-0.15, -0.1) is 5.10 Å². The molecule has 0 radical (unpaired) electrons. The molecular formula is C13H15N5O2. The summed E-state index contributed by atoms with van der Waals surface area (Å²) in [5.41, 5.74) is 0.696. The van der Waals surface area contributed by atoms with Gasteiger partial charge in [-0.3, -0.25) is 15.1 Å². The van der Waals surface area contributed by atoms with Crippen LogP contribution in [0.2, 0.25) is 0 Å². The Balaban J connectivity index is 1.59. The van der Waals surface area contributed by atoms with Gasteiger partial charge in [-0.2, -0.15) is 0 Å². The summed E-state index contributed by atoms with van der Waals surface area (Å²) in [5, 5.41) is 13.6. The predicted octanol–water partition coefficient (Wildman–Crippen LogP) is 1.07. The maximum Gasteiger partial charge on any atom is 0.322 e. The molecule has 0 aromatic carbocycles. The third kappa shape index (κ3) is 3.00. The minimum absolute atomic E-state index is 0.101. The van der Waals surface area contributed by atoms with E-state index in [9.17, 15) is 4.79 Å². The Morgan fingerprint density at radius 2 is 2.40 bits per heavy atom. The number of nitrogens with one attached hydrogen (secondary N) is 2. The van der Waals surface area contributed by atoms with Gasteiger partial charge < -0.3 is 9.73 Å². The summed E-state index contributed by atoms with van der Waals surface area (Å²) in [4.78, 5) is 15.9. The van der Waals surface area contributed by atoms with Gasteiger partial charge in [0.2, 0.25) is 11.8 Å². The molecule has 7 heteroatoms. The highest BCUT2D eigenvalue weighted by atomic mass is 16.4. The van der Waals surface area contributed by atoms with Crippen molar-refractivity contribution >= 4 is 11.9 Å². The average Bonchev–Trinajstić information content (AvgIpc) is 3.10. The Bertz CT molecular complexity index is 577. The topological polar surface area (TPSA) is 92.9 Å². The molecule has 3 rings (SSSR count). The van der Waals surface area contributed by atoms with Gasteiger partial charge in [0, 0.05) is 11.9 Å². The summed E-state index contributed by atoms with van der Waals surface area (Å²) in [7, 11) is 0. The summed E-state index contributed by atoms with van der Waals surface area (Å²) in [6.07, 6.45) is 3.90. The van der Waals surface area contributed by atoms with Crippen LogP contribution in [0.3, 0.4) is 0 Å². The number of aromatic nitrogens is 3. The Kier molecular flexibility index (Phi) is 3.69. The monoisotopic (exact) mass is 273 g/mol. The zero-order chi connectivity index (χ0) is 13.8. The molecule has 0 saturated carbocycles. The van der Waals surface area contributed by atoms with E-state index in [2.05, 4.69) is 25.8 Å². The van der Waals surface area contributed by atoms with Crippen molar-refractivity contribution in [3.05, 3.63) is 36.0 Å². The van der Waals surface area contributed by atoms with Crippen molar-refractivity contribution in [1.82, 2.24) is 20.5 Å². The quantitative estimate of drug-likeness (QED) is 0.865. The minimum Gasteiger partial charge on any atom is -0.406 e. The number of carbonyl (C=O) groups is 1. The van der Waals surface area contributed by atoms with Crippen molar-refractivity contribution in [2.24, 2.45) is 0 Å². The van der Waals surface area contributed by atoms with Gasteiger partial charge in [0.25, 0.3) is 0 Å². The van der Waals surface area contributed by atoms with Crippen LogP contribution in [0.4, 0.5) is 6.01 Å². The van der Waals surface area contributed by atoms with Gasteiger partial charge in [0.1, 0.15) is 0 Å². The van der Waals surface area contributed by atoms with Crippen molar-refractivity contribution in [2.45, 2.75) is 25.3 Å². The van der Waals surface area contributed by atoms with Gasteiger partial charge in [-0.05, 0) is 31.5 Å². The molecule has 2 N–H and O–H groups in total. The van der Waals surface area contributed by atoms with Crippen molar-refractivity contribution in [1.29, 1.82) is 0 Å². The van der Waals surface area contributed by atoms with E-state index in [1.165, 1.54) is 0 Å². The van der Waals surface area contributed by atoms with Crippen LogP contribution in [-0.2, 0) is 11.2 Å². The molecule has 1 saturated heterocycles. The molecule has 2 aromatic heterocycles. The fraction of sp³-hybridized carbons (Fsp3) is 0.385. The first kappa shape index (κ1) is 12.7. The summed E-state index contributed by atoms with van der Waals surface area (Å²) in [6.45, 7) is 0.953. The molecule has 0 aliphatic carbocycles. The lowest BCUT2D eigenvalue weighted by Gasteiger charge is -2.02. The van der Waals surface area contributed by atoms with Crippen LogP contribution < -0.4 is 10.6 Å². The molecule has 2 aromatic rings. The SMILES string of the molecule is O=C(Cc1ccccn1)Nc1nnc(C2CCCN2)o1. The predicted molar refractivity (Wildman–Crippen MR) is 70.8 cm³/mol. The maximum absolute atomic E-state index is 11.8. The molecule has 1 aliphatic heterocycles. The molecular weight excluding hydrogens is 258 g/mol. The minimum atomic E-state index is -0.224. The van der Waals surface area contributed by atoms with E-state index in [1.54, 1.807) is 18.3 Å². The lowest BCUT2D eigenvalue weighted by atomic mass is 10.2. The Hall–Kier alpha value is -2.28. The van der Waals surface area contributed by atoms with E-state index in [0.717, 1.165) is 19.4 Å². The molecule has 3 heterocycles. The molecule has 1 amide bonds. The van der Waals surface area contributed by atoms with Crippen LogP contribution in [0.25, 0.3) is 0 Å². The number of carbonyl (C=O) groups excluding carboxylic acids is 1. The second kappa shape index (κ2) is 5.79. The van der Waals surface area contributed by atoms with Gasteiger partial charge in [0.15, 0.2) is 0 Å². The Labute approximate surface area is 115 Å². The fourth-order valence-corrected chi connectivity index (χ4v) is 2.15. The second-order valence-electron chi connectivity index (χ2n) is 4.64. The van der Waals surface area contributed by atoms with E-state index < -0.39 is 0 Å². The van der Waals surface area contributed by atoms with Gasteiger partial charge in [0.05, 0.1) is 12.5 Å². The molecule has 1 aliphatic rings. The average molecular weight is 273 g/mol. The van der Waals surface area contributed by atoms with Crippen molar-refractivity contribution in [3.63, 3.8) is 0 Å². The molecule has 7 nitrogen and oxygen atoms in total. The highest BCUT2D eigenvalue weighted by Gasteiger charge is 2.22. The summed E-state index contributed by atoms with van der Waals surface area (Å²) >= 11 is 0. The smallest absolute Gasteiger partial charge is 0.322 e. The van der Waals surface area contributed by atoms with Gasteiger partial charge in [-0.1, -0.05) is 11.2 Å². The standard InChI is InChI=1S/C13H15N5O2/c19-11(8-9-4-1-2-6-14-9)16-13-18-17-12(20-13)10-5-3-7-15-10/h1-2,4,6,10,15H,3,5,7-8H2,(H,16,18,19). The van der Waals surface area contributed by atoms with Crippen LogP contribution in [0, 0.1) is 0 Å². The van der Waals surface area contributed by atoms with E-state index in [0.29, 0.717) is 11.6 Å². The zero-order valence-corrected chi connectivity index (χ0v) is 10.9. The van der Waals surface area contributed by atoms with Crippen molar-refractivity contribution < 1.29 is 9.21 Å². The highest BCUT2D eigenvalue weighted by molar-refractivity contribution is 5.89. The summed E-state index contributed by atoms with van der Waals surface area (Å²) < 4.78 is 5.44. The summed E-state index contributed by atoms with van der Waals surface area (Å²) in [5.74, 6) is 0.300. The molecule has 0 spiro atoms. The van der Waals surface area contributed by atoms with Gasteiger partial charge in [-0.25, -0.2) is 0 Å². The van der Waals surface area contributed by atoms with Crippen molar-refractivity contribution in [2.75, 3.05) is 11.9 Å². The number of anilines is 1.